The Morgan fingerprint density at radius 1 is 1.08 bits per heavy atom. The van der Waals surface area contributed by atoms with E-state index < -0.39 is 5.60 Å². The number of rotatable bonds is 1. The smallest absolute Gasteiger partial charge is 0.410 e. The molecule has 2 fully saturated rings. The van der Waals surface area contributed by atoms with Crippen LogP contribution in [0, 0.1) is 5.41 Å². The first-order chi connectivity index (χ1) is 11.3. The number of carbonyl (C=O) groups excluding carboxylic acids is 1. The third-order valence-corrected chi connectivity index (χ3v) is 5.36. The van der Waals surface area contributed by atoms with Gasteiger partial charge < -0.3 is 14.5 Å². The Hall–Kier alpha value is -1.42. The largest absolute Gasteiger partial charge is 0.444 e. The van der Waals surface area contributed by atoms with Crippen LogP contribution in [0.5, 0.6) is 0 Å². The Bertz CT molecular complexity index is 586. The summed E-state index contributed by atoms with van der Waals surface area (Å²) in [5.74, 6) is 0. The van der Waals surface area contributed by atoms with Crippen molar-refractivity contribution >= 4 is 23.4 Å². The SMILES string of the molecule is CC(C)(C)OC(=O)N1CCC2(CCN(c3ccc(Cl)cc3)CC2)C1. The summed E-state index contributed by atoms with van der Waals surface area (Å²) in [6.45, 7) is 9.46. The number of hydrogen-bond donors (Lipinski definition) is 0. The van der Waals surface area contributed by atoms with E-state index in [0.717, 1.165) is 50.5 Å². The molecule has 1 amide bonds. The van der Waals surface area contributed by atoms with Gasteiger partial charge in [-0.15, -0.1) is 0 Å². The van der Waals surface area contributed by atoms with Crippen molar-refractivity contribution in [2.24, 2.45) is 5.41 Å². The number of nitrogens with zero attached hydrogens (tertiary/aromatic N) is 2. The molecule has 5 heteroatoms. The fourth-order valence-electron chi connectivity index (χ4n) is 3.72. The lowest BCUT2D eigenvalue weighted by atomic mass is 9.77. The summed E-state index contributed by atoms with van der Waals surface area (Å²) in [4.78, 5) is 16.6. The topological polar surface area (TPSA) is 32.8 Å². The van der Waals surface area contributed by atoms with Crippen LogP contribution in [-0.4, -0.2) is 42.8 Å². The minimum absolute atomic E-state index is 0.167. The summed E-state index contributed by atoms with van der Waals surface area (Å²) in [5, 5.41) is 0.774. The molecule has 0 N–H and O–H groups in total. The second-order valence-corrected chi connectivity index (χ2v) is 8.55. The van der Waals surface area contributed by atoms with Gasteiger partial charge in [-0.05, 0) is 69.7 Å². The molecule has 0 aromatic heterocycles. The van der Waals surface area contributed by atoms with E-state index in [-0.39, 0.29) is 11.5 Å². The Morgan fingerprint density at radius 3 is 2.25 bits per heavy atom. The molecular formula is C19H27ClN2O2. The third-order valence-electron chi connectivity index (χ3n) is 5.11. The molecule has 2 aliphatic rings. The molecule has 0 radical (unpaired) electrons. The van der Waals surface area contributed by atoms with Crippen molar-refractivity contribution in [1.29, 1.82) is 0 Å². The molecule has 132 valence electrons. The van der Waals surface area contributed by atoms with Crippen molar-refractivity contribution in [3.8, 4) is 0 Å². The summed E-state index contributed by atoms with van der Waals surface area (Å²) in [7, 11) is 0. The predicted octanol–water partition coefficient (Wildman–Crippen LogP) is 4.57. The van der Waals surface area contributed by atoms with Crippen LogP contribution >= 0.6 is 11.6 Å². The standard InChI is InChI=1S/C19H27ClN2O2/c1-18(2,3)24-17(23)22-13-10-19(14-22)8-11-21(12-9-19)16-6-4-15(20)5-7-16/h4-7H,8-14H2,1-3H3. The lowest BCUT2D eigenvalue weighted by molar-refractivity contribution is 0.0266. The summed E-state index contributed by atoms with van der Waals surface area (Å²) in [6.07, 6.45) is 3.16. The number of halogens is 1. The monoisotopic (exact) mass is 350 g/mol. The molecule has 0 saturated carbocycles. The normalized spacial score (nSPS) is 20.5. The van der Waals surface area contributed by atoms with Crippen LogP contribution < -0.4 is 4.90 Å². The van der Waals surface area contributed by atoms with E-state index in [4.69, 9.17) is 16.3 Å². The molecule has 0 aliphatic carbocycles. The van der Waals surface area contributed by atoms with Gasteiger partial charge in [0, 0.05) is 36.9 Å². The fraction of sp³-hybridized carbons (Fsp3) is 0.632. The van der Waals surface area contributed by atoms with Crippen LogP contribution in [0.2, 0.25) is 5.02 Å². The minimum Gasteiger partial charge on any atom is -0.444 e. The van der Waals surface area contributed by atoms with Crippen LogP contribution in [0.1, 0.15) is 40.0 Å². The number of likely N-dealkylation sites (tertiary alicyclic amines) is 1. The van der Waals surface area contributed by atoms with Gasteiger partial charge in [-0.3, -0.25) is 0 Å². The van der Waals surface area contributed by atoms with Crippen molar-refractivity contribution < 1.29 is 9.53 Å². The van der Waals surface area contributed by atoms with Crippen LogP contribution in [0.25, 0.3) is 0 Å². The molecule has 1 aromatic carbocycles. The number of benzene rings is 1. The number of carbonyl (C=O) groups is 1. The van der Waals surface area contributed by atoms with Gasteiger partial charge in [0.25, 0.3) is 0 Å². The molecule has 4 nitrogen and oxygen atoms in total. The highest BCUT2D eigenvalue weighted by Gasteiger charge is 2.43. The van der Waals surface area contributed by atoms with Crippen LogP contribution in [0.15, 0.2) is 24.3 Å². The Morgan fingerprint density at radius 2 is 1.67 bits per heavy atom. The quantitative estimate of drug-likeness (QED) is 0.743. The first-order valence-corrected chi connectivity index (χ1v) is 9.13. The van der Waals surface area contributed by atoms with E-state index in [1.54, 1.807) is 0 Å². The van der Waals surface area contributed by atoms with Gasteiger partial charge >= 0.3 is 6.09 Å². The Labute approximate surface area is 149 Å². The van der Waals surface area contributed by atoms with E-state index >= 15 is 0 Å². The maximum Gasteiger partial charge on any atom is 0.410 e. The van der Waals surface area contributed by atoms with E-state index in [9.17, 15) is 4.79 Å². The second kappa shape index (κ2) is 6.47. The van der Waals surface area contributed by atoms with Crippen molar-refractivity contribution in [2.45, 2.75) is 45.6 Å². The highest BCUT2D eigenvalue weighted by Crippen LogP contribution is 2.41. The van der Waals surface area contributed by atoms with Crippen molar-refractivity contribution in [1.82, 2.24) is 4.90 Å². The average molecular weight is 351 g/mol. The lowest BCUT2D eigenvalue weighted by Gasteiger charge is -2.40. The molecule has 2 saturated heterocycles. The molecule has 1 aromatic rings. The zero-order chi connectivity index (χ0) is 17.4. The first-order valence-electron chi connectivity index (χ1n) is 8.75. The molecule has 0 unspecified atom stereocenters. The third kappa shape index (κ3) is 3.97. The zero-order valence-electron chi connectivity index (χ0n) is 14.8. The fourth-order valence-corrected chi connectivity index (χ4v) is 3.84. The molecule has 24 heavy (non-hydrogen) atoms. The maximum atomic E-state index is 12.3. The Balaban J connectivity index is 1.56. The van der Waals surface area contributed by atoms with E-state index in [0.29, 0.717) is 0 Å². The van der Waals surface area contributed by atoms with E-state index in [1.807, 2.05) is 37.8 Å². The van der Waals surface area contributed by atoms with Crippen molar-refractivity contribution in [2.75, 3.05) is 31.1 Å². The predicted molar refractivity (Wildman–Crippen MR) is 97.8 cm³/mol. The summed E-state index contributed by atoms with van der Waals surface area (Å²) in [6, 6.07) is 8.06. The van der Waals surface area contributed by atoms with E-state index in [2.05, 4.69) is 17.0 Å². The van der Waals surface area contributed by atoms with Gasteiger partial charge in [0.1, 0.15) is 5.60 Å². The number of hydrogen-bond acceptors (Lipinski definition) is 3. The molecule has 0 atom stereocenters. The summed E-state index contributed by atoms with van der Waals surface area (Å²) >= 11 is 5.97. The van der Waals surface area contributed by atoms with Crippen LogP contribution in [0.4, 0.5) is 10.5 Å². The summed E-state index contributed by atoms with van der Waals surface area (Å²) < 4.78 is 5.52. The Kier molecular flexibility index (Phi) is 4.69. The lowest BCUT2D eigenvalue weighted by Crippen LogP contribution is -2.43. The molecule has 2 heterocycles. The average Bonchev–Trinajstić information content (AvgIpc) is 2.92. The molecule has 2 aliphatic heterocycles. The molecular weight excluding hydrogens is 324 g/mol. The minimum atomic E-state index is -0.426. The van der Waals surface area contributed by atoms with Crippen molar-refractivity contribution in [3.63, 3.8) is 0 Å². The number of amides is 1. The second-order valence-electron chi connectivity index (χ2n) is 8.12. The van der Waals surface area contributed by atoms with Gasteiger partial charge in [-0.2, -0.15) is 0 Å². The highest BCUT2D eigenvalue weighted by molar-refractivity contribution is 6.30. The number of anilines is 1. The zero-order valence-corrected chi connectivity index (χ0v) is 15.6. The number of ether oxygens (including phenoxy) is 1. The van der Waals surface area contributed by atoms with Gasteiger partial charge in [0.15, 0.2) is 0 Å². The van der Waals surface area contributed by atoms with Gasteiger partial charge in [0.05, 0.1) is 0 Å². The maximum absolute atomic E-state index is 12.3. The van der Waals surface area contributed by atoms with Crippen LogP contribution in [-0.2, 0) is 4.74 Å². The molecule has 1 spiro atoms. The highest BCUT2D eigenvalue weighted by atomic mass is 35.5. The van der Waals surface area contributed by atoms with E-state index in [1.165, 1.54) is 5.69 Å². The summed E-state index contributed by atoms with van der Waals surface area (Å²) in [5.41, 5.74) is 1.07. The number of piperidine rings is 1. The van der Waals surface area contributed by atoms with Crippen molar-refractivity contribution in [3.05, 3.63) is 29.3 Å². The van der Waals surface area contributed by atoms with Gasteiger partial charge in [-0.1, -0.05) is 11.6 Å². The molecule has 3 rings (SSSR count). The molecule has 0 bridgehead atoms. The van der Waals surface area contributed by atoms with Gasteiger partial charge in [-0.25, -0.2) is 4.79 Å². The first kappa shape index (κ1) is 17.4. The van der Waals surface area contributed by atoms with Gasteiger partial charge in [0.2, 0.25) is 0 Å². The van der Waals surface area contributed by atoms with Crippen LogP contribution in [0.3, 0.4) is 0 Å².